The Kier molecular flexibility index (Phi) is 3.24. The second kappa shape index (κ2) is 4.65. The van der Waals surface area contributed by atoms with Crippen LogP contribution in [-0.4, -0.2) is 41.6 Å². The second-order valence-corrected chi connectivity index (χ2v) is 4.11. The van der Waals surface area contributed by atoms with Crippen molar-refractivity contribution in [3.8, 4) is 0 Å². The van der Waals surface area contributed by atoms with Crippen LogP contribution in [-0.2, 0) is 0 Å². The van der Waals surface area contributed by atoms with Gasteiger partial charge in [0, 0.05) is 19.6 Å². The van der Waals surface area contributed by atoms with Crippen molar-refractivity contribution in [2.45, 2.75) is 26.3 Å². The highest BCUT2D eigenvalue weighted by Crippen LogP contribution is 2.14. The molecule has 1 aliphatic heterocycles. The highest BCUT2D eigenvalue weighted by molar-refractivity contribution is 5.95. The van der Waals surface area contributed by atoms with Gasteiger partial charge >= 0.3 is 0 Å². The third-order valence-electron chi connectivity index (χ3n) is 2.91. The summed E-state index contributed by atoms with van der Waals surface area (Å²) in [7, 11) is 0. The van der Waals surface area contributed by atoms with Gasteiger partial charge in [-0.3, -0.25) is 4.79 Å². The van der Waals surface area contributed by atoms with Gasteiger partial charge in [0.2, 0.25) is 0 Å². The number of carbonyl (C=O) groups excluding carboxylic acids is 1. The highest BCUT2D eigenvalue weighted by Gasteiger charge is 2.30. The minimum atomic E-state index is 0.0344. The normalized spacial score (nSPS) is 15.9. The highest BCUT2D eigenvalue weighted by atomic mass is 16.5. The number of rotatable bonds is 4. The number of carbonyl (C=O) groups is 1. The van der Waals surface area contributed by atoms with E-state index in [1.807, 2.05) is 4.90 Å². The number of amides is 1. The summed E-state index contributed by atoms with van der Waals surface area (Å²) in [6.45, 7) is 6.40. The summed E-state index contributed by atoms with van der Waals surface area (Å²) < 4.78 is 4.93. The number of hydrogen-bond donors (Lipinski definition) is 1. The molecule has 88 valence electrons. The van der Waals surface area contributed by atoms with Crippen LogP contribution in [0.1, 0.15) is 29.5 Å². The van der Waals surface area contributed by atoms with Crippen molar-refractivity contribution in [2.24, 2.45) is 0 Å². The molecule has 5 nitrogen and oxygen atoms in total. The number of aryl methyl sites for hydroxylation is 1. The lowest BCUT2D eigenvalue weighted by Gasteiger charge is -2.38. The summed E-state index contributed by atoms with van der Waals surface area (Å²) in [6.07, 6.45) is 2.47. The molecule has 0 radical (unpaired) electrons. The lowest BCUT2D eigenvalue weighted by molar-refractivity contribution is 0.0614. The third kappa shape index (κ3) is 1.95. The summed E-state index contributed by atoms with van der Waals surface area (Å²) in [5.41, 5.74) is 0.584. The van der Waals surface area contributed by atoms with Crippen molar-refractivity contribution in [3.05, 3.63) is 17.5 Å². The Morgan fingerprint density at radius 3 is 2.88 bits per heavy atom. The van der Waals surface area contributed by atoms with Crippen molar-refractivity contribution in [1.82, 2.24) is 15.4 Å². The summed E-state index contributed by atoms with van der Waals surface area (Å²) >= 11 is 0. The fourth-order valence-corrected chi connectivity index (χ4v) is 1.84. The first-order valence-corrected chi connectivity index (χ1v) is 5.67. The van der Waals surface area contributed by atoms with Crippen LogP contribution in [0.5, 0.6) is 0 Å². The van der Waals surface area contributed by atoms with Gasteiger partial charge in [0.1, 0.15) is 11.3 Å². The van der Waals surface area contributed by atoms with Crippen molar-refractivity contribution < 1.29 is 9.32 Å². The Bertz CT molecular complexity index is 371. The van der Waals surface area contributed by atoms with E-state index in [4.69, 9.17) is 4.52 Å². The van der Waals surface area contributed by atoms with Crippen molar-refractivity contribution in [3.63, 3.8) is 0 Å². The summed E-state index contributed by atoms with van der Waals surface area (Å²) in [5.74, 6) is 0.630. The smallest absolute Gasteiger partial charge is 0.259 e. The Morgan fingerprint density at radius 1 is 1.69 bits per heavy atom. The monoisotopic (exact) mass is 223 g/mol. The zero-order chi connectivity index (χ0) is 11.5. The fraction of sp³-hybridized carbons (Fsp3) is 0.636. The van der Waals surface area contributed by atoms with E-state index in [1.165, 1.54) is 6.20 Å². The molecule has 0 unspecified atom stereocenters. The molecule has 16 heavy (non-hydrogen) atoms. The van der Waals surface area contributed by atoms with Gasteiger partial charge in [-0.1, -0.05) is 12.1 Å². The molecule has 0 aromatic carbocycles. The first-order chi connectivity index (χ1) is 7.74. The molecule has 0 saturated carbocycles. The van der Waals surface area contributed by atoms with E-state index in [0.29, 0.717) is 17.4 Å². The molecule has 5 heteroatoms. The predicted molar refractivity (Wildman–Crippen MR) is 59.2 cm³/mol. The topological polar surface area (TPSA) is 58.4 Å². The lowest BCUT2D eigenvalue weighted by atomic mass is 10.1. The zero-order valence-corrected chi connectivity index (χ0v) is 9.69. The van der Waals surface area contributed by atoms with Crippen LogP contribution in [0.4, 0.5) is 0 Å². The second-order valence-electron chi connectivity index (χ2n) is 4.11. The van der Waals surface area contributed by atoms with Gasteiger partial charge in [-0.2, -0.15) is 0 Å². The van der Waals surface area contributed by atoms with Crippen molar-refractivity contribution in [2.75, 3.05) is 19.6 Å². The zero-order valence-electron chi connectivity index (χ0n) is 9.69. The standard InChI is InChI=1S/C11H17N3O2/c1-3-4-14(9-5-12-6-9)11(15)10-7-13-16-8(10)2/h7,9,12H,3-6H2,1-2H3. The minimum Gasteiger partial charge on any atom is -0.361 e. The van der Waals surface area contributed by atoms with Gasteiger partial charge < -0.3 is 14.7 Å². The molecule has 2 rings (SSSR count). The van der Waals surface area contributed by atoms with E-state index in [9.17, 15) is 4.79 Å². The SMILES string of the molecule is CCCN(C(=O)c1cnoc1C)C1CNC1. The lowest BCUT2D eigenvalue weighted by Crippen LogP contribution is -2.59. The van der Waals surface area contributed by atoms with Crippen LogP contribution >= 0.6 is 0 Å². The Labute approximate surface area is 94.8 Å². The van der Waals surface area contributed by atoms with Crippen LogP contribution in [0.3, 0.4) is 0 Å². The molecule has 1 fully saturated rings. The van der Waals surface area contributed by atoms with Gasteiger partial charge in [0.25, 0.3) is 5.91 Å². The molecular weight excluding hydrogens is 206 g/mol. The molecule has 2 heterocycles. The van der Waals surface area contributed by atoms with Crippen LogP contribution in [0.25, 0.3) is 0 Å². The van der Waals surface area contributed by atoms with E-state index in [-0.39, 0.29) is 5.91 Å². The average Bonchev–Trinajstić information content (AvgIpc) is 2.60. The van der Waals surface area contributed by atoms with Crippen LogP contribution in [0.15, 0.2) is 10.7 Å². The van der Waals surface area contributed by atoms with Gasteiger partial charge in [0.05, 0.1) is 12.2 Å². The predicted octanol–water partition coefficient (Wildman–Crippen LogP) is 0.807. The molecule has 1 aliphatic rings. The number of nitrogens with zero attached hydrogens (tertiary/aromatic N) is 2. The first kappa shape index (κ1) is 11.1. The maximum Gasteiger partial charge on any atom is 0.259 e. The van der Waals surface area contributed by atoms with E-state index in [0.717, 1.165) is 26.1 Å². The molecule has 1 aromatic rings. The molecule has 0 aliphatic carbocycles. The van der Waals surface area contributed by atoms with Gasteiger partial charge in [-0.25, -0.2) is 0 Å². The van der Waals surface area contributed by atoms with E-state index in [1.54, 1.807) is 6.92 Å². The summed E-state index contributed by atoms with van der Waals surface area (Å²) in [6, 6.07) is 0.321. The fourth-order valence-electron chi connectivity index (χ4n) is 1.84. The summed E-state index contributed by atoms with van der Waals surface area (Å²) in [4.78, 5) is 14.2. The van der Waals surface area contributed by atoms with E-state index >= 15 is 0 Å². The molecule has 1 aromatic heterocycles. The molecule has 0 bridgehead atoms. The van der Waals surface area contributed by atoms with E-state index in [2.05, 4.69) is 17.4 Å². The number of aromatic nitrogens is 1. The number of hydrogen-bond acceptors (Lipinski definition) is 4. The first-order valence-electron chi connectivity index (χ1n) is 5.67. The molecule has 1 saturated heterocycles. The van der Waals surface area contributed by atoms with Crippen LogP contribution in [0, 0.1) is 6.92 Å². The maximum absolute atomic E-state index is 12.2. The quantitative estimate of drug-likeness (QED) is 0.820. The third-order valence-corrected chi connectivity index (χ3v) is 2.91. The molecule has 0 atom stereocenters. The van der Waals surface area contributed by atoms with Gasteiger partial charge in [-0.05, 0) is 13.3 Å². The molecular formula is C11H17N3O2. The van der Waals surface area contributed by atoms with Crippen LogP contribution < -0.4 is 5.32 Å². The largest absolute Gasteiger partial charge is 0.361 e. The Hall–Kier alpha value is -1.36. The Balaban J connectivity index is 2.13. The average molecular weight is 223 g/mol. The van der Waals surface area contributed by atoms with Crippen LogP contribution in [0.2, 0.25) is 0 Å². The maximum atomic E-state index is 12.2. The van der Waals surface area contributed by atoms with Crippen molar-refractivity contribution >= 4 is 5.91 Å². The van der Waals surface area contributed by atoms with E-state index < -0.39 is 0 Å². The summed E-state index contributed by atoms with van der Waals surface area (Å²) in [5, 5.41) is 6.83. The van der Waals surface area contributed by atoms with Crippen molar-refractivity contribution in [1.29, 1.82) is 0 Å². The van der Waals surface area contributed by atoms with Gasteiger partial charge in [-0.15, -0.1) is 0 Å². The minimum absolute atomic E-state index is 0.0344. The number of nitrogens with one attached hydrogen (secondary N) is 1. The Morgan fingerprint density at radius 2 is 2.44 bits per heavy atom. The molecule has 0 spiro atoms. The molecule has 1 N–H and O–H groups in total. The van der Waals surface area contributed by atoms with Gasteiger partial charge in [0.15, 0.2) is 0 Å². The molecule has 1 amide bonds.